The fraction of sp³-hybridized carbons (Fsp3) is 0.800. The summed E-state index contributed by atoms with van der Waals surface area (Å²) in [6.07, 6.45) is -0.623. The molecule has 0 aliphatic rings. The molecule has 0 saturated heterocycles. The second-order valence-electron chi connectivity index (χ2n) is 4.34. The molecule has 14 heavy (non-hydrogen) atoms. The highest BCUT2D eigenvalue weighted by Crippen LogP contribution is 2.23. The summed E-state index contributed by atoms with van der Waals surface area (Å²) < 4.78 is 5.07. The van der Waals surface area contributed by atoms with Gasteiger partial charge in [0.2, 0.25) is 0 Å². The largest absolute Gasteiger partial charge is 0.481 e. The van der Waals surface area contributed by atoms with Gasteiger partial charge in [-0.1, -0.05) is 20.8 Å². The molecule has 0 aliphatic carbocycles. The van der Waals surface area contributed by atoms with Crippen LogP contribution in [0.25, 0.3) is 0 Å². The average Bonchev–Trinajstić information content (AvgIpc) is 1.99. The lowest BCUT2D eigenvalue weighted by Gasteiger charge is -2.27. The summed E-state index contributed by atoms with van der Waals surface area (Å²) in [4.78, 5) is 21.8. The maximum atomic E-state index is 11.5. The number of carbonyl (C=O) groups excluding carboxylic acids is 1. The van der Waals surface area contributed by atoms with Crippen LogP contribution in [0.2, 0.25) is 0 Å². The Morgan fingerprint density at radius 3 is 2.07 bits per heavy atom. The number of carbonyl (C=O) groups is 2. The van der Waals surface area contributed by atoms with Gasteiger partial charge in [-0.2, -0.15) is 0 Å². The molecule has 0 radical (unpaired) electrons. The van der Waals surface area contributed by atoms with Crippen molar-refractivity contribution < 1.29 is 19.4 Å². The Balaban J connectivity index is 4.26. The number of carboxylic acids is 1. The van der Waals surface area contributed by atoms with Crippen LogP contribution in [0.3, 0.4) is 0 Å². The van der Waals surface area contributed by atoms with E-state index in [1.54, 1.807) is 0 Å². The first-order chi connectivity index (χ1) is 6.29. The summed E-state index contributed by atoms with van der Waals surface area (Å²) in [6, 6.07) is 0. The Kier molecular flexibility index (Phi) is 4.77. The molecule has 0 amide bonds. The molecule has 4 heteroatoms. The molecular weight excluding hydrogens is 184 g/mol. The highest BCUT2D eigenvalue weighted by molar-refractivity contribution is 5.86. The lowest BCUT2D eigenvalue weighted by atomic mass is 9.85. The van der Waals surface area contributed by atoms with Crippen molar-refractivity contribution in [3.05, 3.63) is 0 Å². The summed E-state index contributed by atoms with van der Waals surface area (Å²) in [7, 11) is 1.47. The maximum absolute atomic E-state index is 11.5. The van der Waals surface area contributed by atoms with Crippen LogP contribution in [0.1, 0.15) is 33.6 Å². The van der Waals surface area contributed by atoms with Gasteiger partial charge in [0.15, 0.2) is 5.78 Å². The molecule has 0 bridgehead atoms. The van der Waals surface area contributed by atoms with Gasteiger partial charge in [0.05, 0.1) is 6.42 Å². The van der Waals surface area contributed by atoms with Gasteiger partial charge < -0.3 is 9.84 Å². The van der Waals surface area contributed by atoms with Crippen molar-refractivity contribution in [3.63, 3.8) is 0 Å². The lowest BCUT2D eigenvalue weighted by Crippen LogP contribution is -2.36. The highest BCUT2D eigenvalue weighted by Gasteiger charge is 2.30. The lowest BCUT2D eigenvalue weighted by molar-refractivity contribution is -0.142. The predicted octanol–water partition coefficient (Wildman–Crippen LogP) is 1.48. The summed E-state index contributed by atoms with van der Waals surface area (Å²) in [5.74, 6) is -1.11. The molecule has 0 saturated carbocycles. The first-order valence-electron chi connectivity index (χ1n) is 4.56. The Morgan fingerprint density at radius 1 is 1.29 bits per heavy atom. The van der Waals surface area contributed by atoms with Crippen molar-refractivity contribution in [2.24, 2.45) is 5.41 Å². The van der Waals surface area contributed by atoms with Crippen LogP contribution < -0.4 is 0 Å². The maximum Gasteiger partial charge on any atom is 0.303 e. The number of carboxylic acid groups (broad SMARTS) is 1. The van der Waals surface area contributed by atoms with Crippen molar-refractivity contribution in [2.45, 2.75) is 39.7 Å². The molecule has 0 rings (SSSR count). The van der Waals surface area contributed by atoms with E-state index in [1.165, 1.54) is 7.11 Å². The number of hydrogen-bond donors (Lipinski definition) is 1. The van der Waals surface area contributed by atoms with E-state index in [1.807, 2.05) is 20.8 Å². The second kappa shape index (κ2) is 5.10. The average molecular weight is 202 g/mol. The number of ketones is 1. The molecule has 0 spiro atoms. The molecule has 1 atom stereocenters. The number of hydrogen-bond acceptors (Lipinski definition) is 3. The number of methoxy groups -OCH3 is 1. The van der Waals surface area contributed by atoms with Gasteiger partial charge in [-0.05, 0) is 5.41 Å². The van der Waals surface area contributed by atoms with Crippen molar-refractivity contribution in [1.29, 1.82) is 0 Å². The highest BCUT2D eigenvalue weighted by atomic mass is 16.5. The molecule has 0 fully saturated rings. The molecule has 4 nitrogen and oxygen atoms in total. The number of ether oxygens (including phenoxy) is 1. The molecule has 0 aromatic heterocycles. The first-order valence-corrected chi connectivity index (χ1v) is 4.56. The Labute approximate surface area is 84.3 Å². The third kappa shape index (κ3) is 4.37. The van der Waals surface area contributed by atoms with Crippen LogP contribution in [-0.4, -0.2) is 30.1 Å². The summed E-state index contributed by atoms with van der Waals surface area (Å²) >= 11 is 0. The Hall–Kier alpha value is -0.900. The van der Waals surface area contributed by atoms with Crippen LogP contribution in [-0.2, 0) is 14.3 Å². The van der Waals surface area contributed by atoms with Crippen molar-refractivity contribution in [2.75, 3.05) is 7.11 Å². The Morgan fingerprint density at radius 2 is 1.79 bits per heavy atom. The third-order valence-electron chi connectivity index (χ3n) is 1.90. The number of rotatable bonds is 5. The van der Waals surface area contributed by atoms with E-state index in [9.17, 15) is 9.59 Å². The van der Waals surface area contributed by atoms with Crippen LogP contribution >= 0.6 is 0 Å². The van der Waals surface area contributed by atoms with Crippen molar-refractivity contribution in [3.8, 4) is 0 Å². The zero-order chi connectivity index (χ0) is 11.4. The summed E-state index contributed by atoms with van der Waals surface area (Å²) in [5, 5.41) is 8.43. The smallest absolute Gasteiger partial charge is 0.303 e. The van der Waals surface area contributed by atoms with E-state index in [0.29, 0.717) is 0 Å². The normalized spacial score (nSPS) is 13.7. The van der Waals surface area contributed by atoms with E-state index in [0.717, 1.165) is 0 Å². The van der Waals surface area contributed by atoms with Gasteiger partial charge in [-0.25, -0.2) is 0 Å². The van der Waals surface area contributed by atoms with E-state index in [2.05, 4.69) is 0 Å². The van der Waals surface area contributed by atoms with Crippen LogP contribution in [0.4, 0.5) is 0 Å². The van der Waals surface area contributed by atoms with Crippen LogP contribution in [0, 0.1) is 5.41 Å². The molecule has 0 aromatic rings. The molecule has 82 valence electrons. The first kappa shape index (κ1) is 13.1. The van der Waals surface area contributed by atoms with Crippen molar-refractivity contribution in [1.82, 2.24) is 0 Å². The van der Waals surface area contributed by atoms with Gasteiger partial charge in [0.25, 0.3) is 0 Å². The quantitative estimate of drug-likeness (QED) is 0.733. The van der Waals surface area contributed by atoms with Crippen LogP contribution in [0.15, 0.2) is 0 Å². The minimum absolute atomic E-state index is 0.0328. The number of aliphatic carboxylic acids is 1. The SMILES string of the molecule is COC(C(=O)CCC(=O)O)C(C)(C)C. The van der Waals surface area contributed by atoms with E-state index >= 15 is 0 Å². The van der Waals surface area contributed by atoms with E-state index in [-0.39, 0.29) is 24.0 Å². The topological polar surface area (TPSA) is 63.6 Å². The predicted molar refractivity (Wildman–Crippen MR) is 52.1 cm³/mol. The molecule has 0 aromatic carbocycles. The van der Waals surface area contributed by atoms with Gasteiger partial charge in [-0.15, -0.1) is 0 Å². The fourth-order valence-electron chi connectivity index (χ4n) is 1.33. The minimum Gasteiger partial charge on any atom is -0.481 e. The van der Waals surface area contributed by atoms with E-state index in [4.69, 9.17) is 9.84 Å². The molecule has 0 heterocycles. The zero-order valence-electron chi connectivity index (χ0n) is 9.16. The van der Waals surface area contributed by atoms with Crippen LogP contribution in [0.5, 0.6) is 0 Å². The van der Waals surface area contributed by atoms with Gasteiger partial charge in [0, 0.05) is 13.5 Å². The molecular formula is C10H18O4. The molecule has 1 unspecified atom stereocenters. The molecule has 1 N–H and O–H groups in total. The molecule has 0 aliphatic heterocycles. The van der Waals surface area contributed by atoms with Gasteiger partial charge >= 0.3 is 5.97 Å². The Bertz CT molecular complexity index is 215. The number of Topliss-reactive ketones (excluding diaryl/α,β-unsaturated/α-hetero) is 1. The van der Waals surface area contributed by atoms with Gasteiger partial charge in [-0.3, -0.25) is 9.59 Å². The summed E-state index contributed by atoms with van der Waals surface area (Å²) in [6.45, 7) is 5.67. The standard InChI is InChI=1S/C10H18O4/c1-10(2,3)9(14-4)7(11)5-6-8(12)13/h9H,5-6H2,1-4H3,(H,12,13). The van der Waals surface area contributed by atoms with Crippen molar-refractivity contribution >= 4 is 11.8 Å². The third-order valence-corrected chi connectivity index (χ3v) is 1.90. The summed E-state index contributed by atoms with van der Waals surface area (Å²) in [5.41, 5.74) is -0.287. The van der Waals surface area contributed by atoms with Gasteiger partial charge in [0.1, 0.15) is 6.10 Å². The fourth-order valence-corrected chi connectivity index (χ4v) is 1.33. The monoisotopic (exact) mass is 202 g/mol. The van der Waals surface area contributed by atoms with E-state index < -0.39 is 12.1 Å². The minimum atomic E-state index is -0.956. The second-order valence-corrected chi connectivity index (χ2v) is 4.34. The zero-order valence-corrected chi connectivity index (χ0v) is 9.16.